The number of rotatable bonds is 5. The lowest BCUT2D eigenvalue weighted by atomic mass is 10.1. The number of hydrogen-bond donors (Lipinski definition) is 2. The van der Waals surface area contributed by atoms with Crippen molar-refractivity contribution in [1.82, 2.24) is 9.78 Å². The Labute approximate surface area is 114 Å². The quantitative estimate of drug-likeness (QED) is 0.480. The second-order valence-electron chi connectivity index (χ2n) is 4.22. The van der Waals surface area contributed by atoms with E-state index in [4.69, 9.17) is 10.4 Å². The van der Waals surface area contributed by atoms with Crippen LogP contribution in [0.4, 0.5) is 11.4 Å². The summed E-state index contributed by atoms with van der Waals surface area (Å²) in [5.74, 6) is 0. The number of fused-ring (bicyclic) bond motifs is 1. The summed E-state index contributed by atoms with van der Waals surface area (Å²) in [4.78, 5) is 10.6. The summed E-state index contributed by atoms with van der Waals surface area (Å²) in [7, 11) is 1.66. The highest BCUT2D eigenvalue weighted by Crippen LogP contribution is 2.35. The van der Waals surface area contributed by atoms with Crippen LogP contribution in [-0.2, 0) is 7.05 Å². The molecular weight excluding hydrogens is 262 g/mol. The SMILES string of the molecule is Cn1ncc2c(C#N)cc([N+](=O)[O-])c(NCCCO)c21. The smallest absolute Gasteiger partial charge is 0.295 e. The number of nitrogens with one attached hydrogen (secondary N) is 1. The van der Waals surface area contributed by atoms with Gasteiger partial charge in [-0.15, -0.1) is 0 Å². The number of nitro groups is 1. The monoisotopic (exact) mass is 275 g/mol. The Bertz CT molecular complexity index is 701. The highest BCUT2D eigenvalue weighted by molar-refractivity contribution is 5.99. The average molecular weight is 275 g/mol. The van der Waals surface area contributed by atoms with Crippen molar-refractivity contribution in [2.45, 2.75) is 6.42 Å². The van der Waals surface area contributed by atoms with Gasteiger partial charge in [-0.1, -0.05) is 0 Å². The zero-order valence-corrected chi connectivity index (χ0v) is 10.8. The molecule has 1 aromatic heterocycles. The minimum Gasteiger partial charge on any atom is -0.396 e. The molecule has 0 saturated carbocycles. The van der Waals surface area contributed by atoms with Gasteiger partial charge in [0.15, 0.2) is 0 Å². The molecule has 0 aliphatic carbocycles. The molecule has 0 saturated heterocycles. The molecule has 0 unspecified atom stereocenters. The van der Waals surface area contributed by atoms with Crippen LogP contribution in [0.1, 0.15) is 12.0 Å². The van der Waals surface area contributed by atoms with Crippen molar-refractivity contribution in [2.75, 3.05) is 18.5 Å². The molecule has 0 aliphatic heterocycles. The van der Waals surface area contributed by atoms with Crippen LogP contribution < -0.4 is 5.32 Å². The van der Waals surface area contributed by atoms with Crippen LogP contribution in [0, 0.1) is 21.4 Å². The van der Waals surface area contributed by atoms with Gasteiger partial charge in [-0.2, -0.15) is 10.4 Å². The van der Waals surface area contributed by atoms with Gasteiger partial charge < -0.3 is 10.4 Å². The third-order valence-electron chi connectivity index (χ3n) is 2.96. The molecule has 2 aromatic rings. The van der Waals surface area contributed by atoms with Crippen molar-refractivity contribution >= 4 is 22.3 Å². The largest absolute Gasteiger partial charge is 0.396 e. The van der Waals surface area contributed by atoms with Gasteiger partial charge in [0.2, 0.25) is 0 Å². The number of aromatic nitrogens is 2. The minimum absolute atomic E-state index is 0.00833. The molecule has 0 amide bonds. The Morgan fingerprint density at radius 3 is 3.00 bits per heavy atom. The lowest BCUT2D eigenvalue weighted by Crippen LogP contribution is -2.08. The molecule has 8 nitrogen and oxygen atoms in total. The number of anilines is 1. The number of nitro benzene ring substituents is 1. The summed E-state index contributed by atoms with van der Waals surface area (Å²) in [6, 6.07) is 3.19. The van der Waals surface area contributed by atoms with Crippen molar-refractivity contribution in [3.05, 3.63) is 27.9 Å². The molecule has 2 rings (SSSR count). The fourth-order valence-electron chi connectivity index (χ4n) is 2.04. The summed E-state index contributed by atoms with van der Waals surface area (Å²) in [5.41, 5.74) is 0.870. The van der Waals surface area contributed by atoms with Crippen molar-refractivity contribution < 1.29 is 10.0 Å². The molecule has 0 bridgehead atoms. The Balaban J connectivity index is 2.67. The Morgan fingerprint density at radius 1 is 1.65 bits per heavy atom. The topological polar surface area (TPSA) is 117 Å². The first-order chi connectivity index (χ1) is 9.60. The number of hydrogen-bond acceptors (Lipinski definition) is 6. The molecule has 0 radical (unpaired) electrons. The molecule has 0 aliphatic rings. The van der Waals surface area contributed by atoms with Gasteiger partial charge in [0.25, 0.3) is 5.69 Å². The highest BCUT2D eigenvalue weighted by atomic mass is 16.6. The van der Waals surface area contributed by atoms with Gasteiger partial charge >= 0.3 is 0 Å². The van der Waals surface area contributed by atoms with Gasteiger partial charge in [0, 0.05) is 31.7 Å². The molecule has 1 heterocycles. The van der Waals surface area contributed by atoms with Gasteiger partial charge in [0.1, 0.15) is 11.8 Å². The predicted octanol–water partition coefficient (Wildman–Crippen LogP) is 1.15. The standard InChI is InChI=1S/C12H13N5O3/c1-16-12-9(7-15-16)8(6-13)5-10(17(19)20)11(12)14-3-2-4-18/h5,7,14,18H,2-4H2,1H3. The molecule has 104 valence electrons. The van der Waals surface area contributed by atoms with E-state index in [2.05, 4.69) is 10.4 Å². The van der Waals surface area contributed by atoms with E-state index in [-0.39, 0.29) is 17.9 Å². The van der Waals surface area contributed by atoms with Crippen LogP contribution in [0.5, 0.6) is 0 Å². The number of nitrogens with zero attached hydrogens (tertiary/aromatic N) is 4. The molecule has 2 N–H and O–H groups in total. The number of aliphatic hydroxyl groups excluding tert-OH is 1. The number of nitriles is 1. The third-order valence-corrected chi connectivity index (χ3v) is 2.96. The summed E-state index contributed by atoms with van der Waals surface area (Å²) in [6.45, 7) is 0.384. The van der Waals surface area contributed by atoms with Crippen LogP contribution >= 0.6 is 0 Å². The maximum Gasteiger partial charge on any atom is 0.295 e. The average Bonchev–Trinajstić information content (AvgIpc) is 2.81. The molecule has 1 aromatic carbocycles. The van der Waals surface area contributed by atoms with Crippen LogP contribution in [-0.4, -0.2) is 33.0 Å². The molecular formula is C12H13N5O3. The Morgan fingerprint density at radius 2 is 2.40 bits per heavy atom. The van der Waals surface area contributed by atoms with E-state index in [9.17, 15) is 10.1 Å². The van der Waals surface area contributed by atoms with Crippen LogP contribution in [0.2, 0.25) is 0 Å². The minimum atomic E-state index is -0.533. The molecule has 8 heteroatoms. The second kappa shape index (κ2) is 5.54. The van der Waals surface area contributed by atoms with Gasteiger partial charge in [-0.05, 0) is 6.42 Å². The Kier molecular flexibility index (Phi) is 3.81. The fraction of sp³-hybridized carbons (Fsp3) is 0.333. The number of benzene rings is 1. The summed E-state index contributed by atoms with van der Waals surface area (Å²) >= 11 is 0. The highest BCUT2D eigenvalue weighted by Gasteiger charge is 2.22. The van der Waals surface area contributed by atoms with E-state index in [1.54, 1.807) is 7.05 Å². The van der Waals surface area contributed by atoms with Gasteiger partial charge in [0.05, 0.1) is 22.2 Å². The predicted molar refractivity (Wildman–Crippen MR) is 72.3 cm³/mol. The maximum absolute atomic E-state index is 11.2. The summed E-state index contributed by atoms with van der Waals surface area (Å²) < 4.78 is 1.49. The lowest BCUT2D eigenvalue weighted by molar-refractivity contribution is -0.383. The van der Waals surface area contributed by atoms with Crippen molar-refractivity contribution in [3.8, 4) is 6.07 Å². The molecule has 0 spiro atoms. The first-order valence-electron chi connectivity index (χ1n) is 5.98. The Hall–Kier alpha value is -2.66. The van der Waals surface area contributed by atoms with E-state index < -0.39 is 4.92 Å². The summed E-state index contributed by atoms with van der Waals surface area (Å²) in [6.07, 6.45) is 1.98. The summed E-state index contributed by atoms with van der Waals surface area (Å²) in [5, 5.41) is 36.6. The van der Waals surface area contributed by atoms with Crippen LogP contribution in [0.3, 0.4) is 0 Å². The van der Waals surface area contributed by atoms with Crippen molar-refractivity contribution in [3.63, 3.8) is 0 Å². The van der Waals surface area contributed by atoms with Gasteiger partial charge in [-0.25, -0.2) is 0 Å². The lowest BCUT2D eigenvalue weighted by Gasteiger charge is -2.09. The van der Waals surface area contributed by atoms with E-state index in [0.29, 0.717) is 29.6 Å². The third kappa shape index (κ3) is 2.26. The van der Waals surface area contributed by atoms with E-state index in [0.717, 1.165) is 0 Å². The van der Waals surface area contributed by atoms with Crippen LogP contribution in [0.15, 0.2) is 12.3 Å². The molecule has 20 heavy (non-hydrogen) atoms. The van der Waals surface area contributed by atoms with Crippen molar-refractivity contribution in [2.24, 2.45) is 7.05 Å². The fourth-order valence-corrected chi connectivity index (χ4v) is 2.04. The van der Waals surface area contributed by atoms with Gasteiger partial charge in [-0.3, -0.25) is 14.8 Å². The van der Waals surface area contributed by atoms with Crippen molar-refractivity contribution in [1.29, 1.82) is 5.26 Å². The molecule has 0 atom stereocenters. The normalized spacial score (nSPS) is 10.4. The van der Waals surface area contributed by atoms with E-state index in [1.807, 2.05) is 6.07 Å². The van der Waals surface area contributed by atoms with Crippen LogP contribution in [0.25, 0.3) is 10.9 Å². The zero-order chi connectivity index (χ0) is 14.7. The zero-order valence-electron chi connectivity index (χ0n) is 10.8. The molecule has 0 fully saturated rings. The van der Waals surface area contributed by atoms with E-state index >= 15 is 0 Å². The second-order valence-corrected chi connectivity index (χ2v) is 4.22. The first-order valence-corrected chi connectivity index (χ1v) is 5.98. The van der Waals surface area contributed by atoms with E-state index in [1.165, 1.54) is 16.9 Å². The number of aliphatic hydroxyl groups is 1. The number of aryl methyl sites for hydroxylation is 1. The maximum atomic E-state index is 11.2. The first kappa shape index (κ1) is 13.8.